The summed E-state index contributed by atoms with van der Waals surface area (Å²) in [6, 6.07) is 16.5. The Bertz CT molecular complexity index is 1150. The van der Waals surface area contributed by atoms with Gasteiger partial charge < -0.3 is 10.2 Å². The molecule has 0 saturated carbocycles. The minimum atomic E-state index is -0.333. The highest BCUT2D eigenvalue weighted by Crippen LogP contribution is 2.22. The summed E-state index contributed by atoms with van der Waals surface area (Å²) in [5, 5.41) is 7.85. The van der Waals surface area contributed by atoms with Crippen molar-refractivity contribution in [2.45, 2.75) is 19.4 Å². The number of rotatable bonds is 5. The van der Waals surface area contributed by atoms with Crippen LogP contribution in [0.15, 0.2) is 65.5 Å². The Morgan fingerprint density at radius 1 is 1.16 bits per heavy atom. The molecule has 3 aromatic rings. The van der Waals surface area contributed by atoms with Gasteiger partial charge in [0.15, 0.2) is 0 Å². The molecule has 1 unspecified atom stereocenters. The number of halogens is 2. The lowest BCUT2D eigenvalue weighted by molar-refractivity contribution is -0.125. The average Bonchev–Trinajstić information content (AvgIpc) is 2.79. The Morgan fingerprint density at radius 3 is 2.81 bits per heavy atom. The molecule has 0 aliphatic carbocycles. The van der Waals surface area contributed by atoms with Gasteiger partial charge in [-0.05, 0) is 43.2 Å². The molecule has 1 aromatic heterocycles. The molecule has 0 spiro atoms. The molecule has 1 aliphatic rings. The van der Waals surface area contributed by atoms with Crippen molar-refractivity contribution in [2.24, 2.45) is 5.92 Å². The third-order valence-electron chi connectivity index (χ3n) is 5.37. The van der Waals surface area contributed by atoms with Crippen LogP contribution in [0.4, 0.5) is 10.2 Å². The van der Waals surface area contributed by atoms with Gasteiger partial charge in [0, 0.05) is 36.3 Å². The van der Waals surface area contributed by atoms with E-state index >= 15 is 0 Å². The Hall–Kier alpha value is -3.19. The van der Waals surface area contributed by atoms with Crippen LogP contribution < -0.4 is 15.8 Å². The van der Waals surface area contributed by atoms with E-state index in [9.17, 15) is 14.0 Å². The average molecular weight is 441 g/mol. The van der Waals surface area contributed by atoms with Gasteiger partial charge in [-0.15, -0.1) is 5.10 Å². The minimum Gasteiger partial charge on any atom is -0.354 e. The molecule has 1 saturated heterocycles. The van der Waals surface area contributed by atoms with Gasteiger partial charge in [0.1, 0.15) is 11.6 Å². The first-order valence-electron chi connectivity index (χ1n) is 10.1. The lowest BCUT2D eigenvalue weighted by Gasteiger charge is -2.33. The van der Waals surface area contributed by atoms with Gasteiger partial charge in [-0.1, -0.05) is 35.9 Å². The fourth-order valence-corrected chi connectivity index (χ4v) is 3.92. The standard InChI is InChI=1S/C23H22ClFN4O2/c24-18-7-3-8-19(13-18)29-22(30)11-10-21(27-29)28-12-4-6-17(15-28)23(31)26-14-16-5-1-2-9-20(16)25/h1-3,5,7-11,13,17H,4,6,12,14-15H2,(H,26,31). The van der Waals surface area contributed by atoms with Crippen molar-refractivity contribution in [3.05, 3.63) is 87.4 Å². The predicted octanol–water partition coefficient (Wildman–Crippen LogP) is 3.56. The summed E-state index contributed by atoms with van der Waals surface area (Å²) in [5.74, 6) is -0.0725. The van der Waals surface area contributed by atoms with Crippen LogP contribution in [0.3, 0.4) is 0 Å². The number of piperidine rings is 1. The van der Waals surface area contributed by atoms with Crippen molar-refractivity contribution in [3.8, 4) is 5.69 Å². The Kier molecular flexibility index (Phi) is 6.32. The van der Waals surface area contributed by atoms with Crippen molar-refractivity contribution in [3.63, 3.8) is 0 Å². The van der Waals surface area contributed by atoms with Crippen molar-refractivity contribution >= 4 is 23.3 Å². The summed E-state index contributed by atoms with van der Waals surface area (Å²) < 4.78 is 15.1. The van der Waals surface area contributed by atoms with Crippen molar-refractivity contribution in [1.29, 1.82) is 0 Å². The van der Waals surface area contributed by atoms with Gasteiger partial charge in [0.25, 0.3) is 5.56 Å². The van der Waals surface area contributed by atoms with E-state index in [2.05, 4.69) is 10.4 Å². The fourth-order valence-electron chi connectivity index (χ4n) is 3.73. The van der Waals surface area contributed by atoms with Gasteiger partial charge in [-0.2, -0.15) is 4.68 Å². The van der Waals surface area contributed by atoms with Crippen LogP contribution in [0.5, 0.6) is 0 Å². The van der Waals surface area contributed by atoms with E-state index in [1.807, 2.05) is 4.90 Å². The van der Waals surface area contributed by atoms with E-state index in [4.69, 9.17) is 11.6 Å². The van der Waals surface area contributed by atoms with Crippen LogP contribution in [0.2, 0.25) is 5.02 Å². The van der Waals surface area contributed by atoms with Crippen molar-refractivity contribution in [2.75, 3.05) is 18.0 Å². The first-order valence-corrected chi connectivity index (χ1v) is 10.5. The summed E-state index contributed by atoms with van der Waals surface area (Å²) in [6.07, 6.45) is 1.56. The number of anilines is 1. The minimum absolute atomic E-state index is 0.115. The van der Waals surface area contributed by atoms with E-state index < -0.39 is 0 Å². The highest BCUT2D eigenvalue weighted by Gasteiger charge is 2.27. The summed E-state index contributed by atoms with van der Waals surface area (Å²) in [6.45, 7) is 1.36. The van der Waals surface area contributed by atoms with E-state index in [0.717, 1.165) is 19.4 Å². The largest absolute Gasteiger partial charge is 0.354 e. The van der Waals surface area contributed by atoms with Gasteiger partial charge in [-0.3, -0.25) is 9.59 Å². The highest BCUT2D eigenvalue weighted by molar-refractivity contribution is 6.30. The first kappa shape index (κ1) is 21.1. The molecule has 2 aromatic carbocycles. The van der Waals surface area contributed by atoms with Crippen molar-refractivity contribution < 1.29 is 9.18 Å². The van der Waals surface area contributed by atoms with Gasteiger partial charge >= 0.3 is 0 Å². The molecule has 0 radical (unpaired) electrons. The number of amides is 1. The Balaban J connectivity index is 1.47. The fraction of sp³-hybridized carbons (Fsp3) is 0.261. The van der Waals surface area contributed by atoms with Crippen LogP contribution in [0, 0.1) is 11.7 Å². The maximum atomic E-state index is 13.8. The molecule has 2 heterocycles. The van der Waals surface area contributed by atoms with E-state index in [0.29, 0.717) is 28.6 Å². The normalized spacial score (nSPS) is 16.2. The molecule has 6 nitrogen and oxygen atoms in total. The topological polar surface area (TPSA) is 67.2 Å². The molecule has 1 atom stereocenters. The lowest BCUT2D eigenvalue weighted by Crippen LogP contribution is -2.43. The summed E-state index contributed by atoms with van der Waals surface area (Å²) >= 11 is 6.05. The monoisotopic (exact) mass is 440 g/mol. The number of hydrogen-bond donors (Lipinski definition) is 1. The number of carbonyl (C=O) groups is 1. The molecular weight excluding hydrogens is 419 g/mol. The molecule has 0 bridgehead atoms. The summed E-state index contributed by atoms with van der Waals surface area (Å²) in [5.41, 5.74) is 0.775. The molecule has 1 aliphatic heterocycles. The Labute approximate surface area is 184 Å². The summed E-state index contributed by atoms with van der Waals surface area (Å²) in [4.78, 5) is 27.0. The number of carbonyl (C=O) groups excluding carboxylic acids is 1. The second kappa shape index (κ2) is 9.31. The molecular formula is C23H22ClFN4O2. The zero-order chi connectivity index (χ0) is 21.8. The third kappa shape index (κ3) is 4.94. The Morgan fingerprint density at radius 2 is 2.00 bits per heavy atom. The van der Waals surface area contributed by atoms with Crippen LogP contribution >= 0.6 is 11.6 Å². The number of hydrogen-bond acceptors (Lipinski definition) is 4. The predicted molar refractivity (Wildman–Crippen MR) is 118 cm³/mol. The van der Waals surface area contributed by atoms with Crippen LogP contribution in [-0.2, 0) is 11.3 Å². The molecule has 8 heteroatoms. The van der Waals surface area contributed by atoms with Crippen LogP contribution in [0.1, 0.15) is 18.4 Å². The molecule has 160 valence electrons. The lowest BCUT2D eigenvalue weighted by atomic mass is 9.97. The second-order valence-electron chi connectivity index (χ2n) is 7.52. The molecule has 1 N–H and O–H groups in total. The first-order chi connectivity index (χ1) is 15.0. The number of aromatic nitrogens is 2. The van der Waals surface area contributed by atoms with E-state index in [1.54, 1.807) is 48.5 Å². The zero-order valence-electron chi connectivity index (χ0n) is 16.8. The van der Waals surface area contributed by atoms with E-state index in [1.165, 1.54) is 16.8 Å². The van der Waals surface area contributed by atoms with Gasteiger partial charge in [-0.25, -0.2) is 4.39 Å². The SMILES string of the molecule is O=C(NCc1ccccc1F)C1CCCN(c2ccc(=O)n(-c3cccc(Cl)c3)n2)C1. The quantitative estimate of drug-likeness (QED) is 0.658. The third-order valence-corrected chi connectivity index (χ3v) is 5.60. The van der Waals surface area contributed by atoms with Crippen LogP contribution in [-0.4, -0.2) is 28.8 Å². The number of nitrogens with zero attached hydrogens (tertiary/aromatic N) is 3. The van der Waals surface area contributed by atoms with Gasteiger partial charge in [0.2, 0.25) is 5.91 Å². The highest BCUT2D eigenvalue weighted by atomic mass is 35.5. The molecule has 1 amide bonds. The number of nitrogens with one attached hydrogen (secondary N) is 1. The van der Waals surface area contributed by atoms with E-state index in [-0.39, 0.29) is 29.7 Å². The maximum Gasteiger partial charge on any atom is 0.271 e. The molecule has 1 fully saturated rings. The van der Waals surface area contributed by atoms with Gasteiger partial charge in [0.05, 0.1) is 11.6 Å². The summed E-state index contributed by atoms with van der Waals surface area (Å²) in [7, 11) is 0. The maximum absolute atomic E-state index is 13.8. The van der Waals surface area contributed by atoms with Crippen molar-refractivity contribution in [1.82, 2.24) is 15.1 Å². The zero-order valence-corrected chi connectivity index (χ0v) is 17.6. The van der Waals surface area contributed by atoms with Crippen LogP contribution in [0.25, 0.3) is 5.69 Å². The molecule has 31 heavy (non-hydrogen) atoms. The number of benzene rings is 2. The second-order valence-corrected chi connectivity index (χ2v) is 7.95. The smallest absolute Gasteiger partial charge is 0.271 e. The molecule has 4 rings (SSSR count).